The summed E-state index contributed by atoms with van der Waals surface area (Å²) < 4.78 is 1.67. The number of primary amides is 1. The van der Waals surface area contributed by atoms with E-state index in [0.717, 1.165) is 0 Å². The highest BCUT2D eigenvalue weighted by Gasteiger charge is 2.09. The fourth-order valence-electron chi connectivity index (χ4n) is 0.974. The summed E-state index contributed by atoms with van der Waals surface area (Å²) in [4.78, 5) is 30.0. The summed E-state index contributed by atoms with van der Waals surface area (Å²) in [5.41, 5.74) is 12.4. The molecule has 0 aromatic carbocycles. The van der Waals surface area contributed by atoms with E-state index in [9.17, 15) is 9.59 Å². The van der Waals surface area contributed by atoms with Crippen LogP contribution < -0.4 is 16.9 Å². The Balaban J connectivity index is 2.43. The van der Waals surface area contributed by atoms with Crippen LogP contribution in [0.15, 0.2) is 12.5 Å². The summed E-state index contributed by atoms with van der Waals surface area (Å²) in [5, 5.41) is 0. The van der Waals surface area contributed by atoms with Gasteiger partial charge in [0.05, 0.1) is 6.33 Å². The number of amides is 2. The fourth-order valence-corrected chi connectivity index (χ4v) is 0.974. The zero-order chi connectivity index (χ0) is 12.0. The average molecular weight is 227 g/mol. The van der Waals surface area contributed by atoms with E-state index >= 15 is 0 Å². The van der Waals surface area contributed by atoms with Gasteiger partial charge < -0.3 is 16.0 Å². The van der Waals surface area contributed by atoms with Crippen molar-refractivity contribution in [3.63, 3.8) is 0 Å². The molecule has 2 amide bonds. The molecule has 0 fully saturated rings. The number of nitrogens with one attached hydrogen (secondary N) is 1. The van der Waals surface area contributed by atoms with E-state index < -0.39 is 11.8 Å². The van der Waals surface area contributed by atoms with Crippen molar-refractivity contribution >= 4 is 11.8 Å². The molecule has 0 aliphatic carbocycles. The lowest BCUT2D eigenvalue weighted by Gasteiger charge is -2.01. The quantitative estimate of drug-likeness (QED) is 0.484. The average Bonchev–Trinajstić information content (AvgIpc) is 2.66. The van der Waals surface area contributed by atoms with Crippen LogP contribution in [0.1, 0.15) is 10.5 Å². The third-order valence-electron chi connectivity index (χ3n) is 1.63. The van der Waals surface area contributed by atoms with Crippen LogP contribution in [0.5, 0.6) is 0 Å². The summed E-state index contributed by atoms with van der Waals surface area (Å²) in [5.74, 6) is -1.22. The van der Waals surface area contributed by atoms with Crippen molar-refractivity contribution in [1.29, 1.82) is 0 Å². The van der Waals surface area contributed by atoms with Crippen molar-refractivity contribution in [3.8, 4) is 0 Å². The lowest BCUT2D eigenvalue weighted by Crippen LogP contribution is -2.29. The number of hydroxylamine groups is 1. The monoisotopic (exact) mass is 227 g/mol. The van der Waals surface area contributed by atoms with Crippen LogP contribution in [-0.2, 0) is 16.2 Å². The molecule has 16 heavy (non-hydrogen) atoms. The van der Waals surface area contributed by atoms with E-state index in [2.05, 4.69) is 9.82 Å². The maximum atomic E-state index is 11.3. The van der Waals surface area contributed by atoms with Crippen LogP contribution in [0, 0.1) is 0 Å². The van der Waals surface area contributed by atoms with Gasteiger partial charge in [-0.3, -0.25) is 14.4 Å². The molecule has 1 aromatic heterocycles. The Labute approximate surface area is 91.5 Å². The summed E-state index contributed by atoms with van der Waals surface area (Å²) in [6, 6.07) is 0. The van der Waals surface area contributed by atoms with Crippen molar-refractivity contribution in [3.05, 3.63) is 18.2 Å². The first-order chi connectivity index (χ1) is 7.63. The van der Waals surface area contributed by atoms with Gasteiger partial charge in [0, 0.05) is 19.3 Å². The molecular formula is C8H13N5O3. The number of hydrogen-bond donors (Lipinski definition) is 3. The highest BCUT2D eigenvalue weighted by molar-refractivity contribution is 5.91. The Morgan fingerprint density at radius 3 is 2.94 bits per heavy atom. The van der Waals surface area contributed by atoms with Crippen LogP contribution in [0.4, 0.5) is 0 Å². The van der Waals surface area contributed by atoms with Crippen molar-refractivity contribution in [2.24, 2.45) is 11.5 Å². The molecule has 0 radical (unpaired) electrons. The summed E-state index contributed by atoms with van der Waals surface area (Å²) >= 11 is 0. The van der Waals surface area contributed by atoms with E-state index in [0.29, 0.717) is 13.1 Å². The summed E-state index contributed by atoms with van der Waals surface area (Å²) in [6.45, 7) is 0.646. The second kappa shape index (κ2) is 5.83. The Kier molecular flexibility index (Phi) is 4.42. The molecule has 5 N–H and O–H groups in total. The van der Waals surface area contributed by atoms with Gasteiger partial charge in [0.1, 0.15) is 5.69 Å². The zero-order valence-corrected chi connectivity index (χ0v) is 8.55. The SMILES string of the molecule is NCCn1cnc(C(=O)NOCC(N)=O)c1. The van der Waals surface area contributed by atoms with Crippen molar-refractivity contribution < 1.29 is 14.4 Å². The molecule has 8 heteroatoms. The molecule has 0 saturated heterocycles. The molecule has 0 atom stereocenters. The van der Waals surface area contributed by atoms with Gasteiger partial charge in [-0.25, -0.2) is 10.5 Å². The third-order valence-corrected chi connectivity index (χ3v) is 1.63. The number of imidazole rings is 1. The first-order valence-corrected chi connectivity index (χ1v) is 4.55. The second-order valence-electron chi connectivity index (χ2n) is 2.97. The summed E-state index contributed by atoms with van der Waals surface area (Å²) in [6.07, 6.45) is 3.01. The number of nitrogens with two attached hydrogens (primary N) is 2. The predicted molar refractivity (Wildman–Crippen MR) is 53.9 cm³/mol. The minimum Gasteiger partial charge on any atom is -0.368 e. The first-order valence-electron chi connectivity index (χ1n) is 4.55. The van der Waals surface area contributed by atoms with Gasteiger partial charge in [-0.15, -0.1) is 0 Å². The number of carbonyl (C=O) groups is 2. The lowest BCUT2D eigenvalue weighted by molar-refractivity contribution is -0.124. The normalized spacial score (nSPS) is 10.1. The highest BCUT2D eigenvalue weighted by Crippen LogP contribution is 1.95. The van der Waals surface area contributed by atoms with Gasteiger partial charge in [0.25, 0.3) is 5.91 Å². The fraction of sp³-hybridized carbons (Fsp3) is 0.375. The van der Waals surface area contributed by atoms with Crippen LogP contribution in [0.25, 0.3) is 0 Å². The molecular weight excluding hydrogens is 214 g/mol. The van der Waals surface area contributed by atoms with Gasteiger partial charge in [0.15, 0.2) is 6.61 Å². The first kappa shape index (κ1) is 12.1. The highest BCUT2D eigenvalue weighted by atomic mass is 16.7. The number of nitrogens with zero attached hydrogens (tertiary/aromatic N) is 2. The van der Waals surface area contributed by atoms with E-state index in [4.69, 9.17) is 11.5 Å². The molecule has 88 valence electrons. The lowest BCUT2D eigenvalue weighted by atomic mass is 10.4. The Bertz CT molecular complexity index is 376. The second-order valence-corrected chi connectivity index (χ2v) is 2.97. The number of hydrogen-bond acceptors (Lipinski definition) is 5. The predicted octanol–water partition coefficient (Wildman–Crippen LogP) is -2.01. The number of carbonyl (C=O) groups excluding carboxylic acids is 2. The molecule has 8 nitrogen and oxygen atoms in total. The molecule has 0 aliphatic heterocycles. The van der Waals surface area contributed by atoms with Crippen molar-refractivity contribution in [2.75, 3.05) is 13.2 Å². The Morgan fingerprint density at radius 2 is 2.31 bits per heavy atom. The number of rotatable bonds is 6. The Hall–Kier alpha value is -1.93. The van der Waals surface area contributed by atoms with E-state index in [1.54, 1.807) is 4.57 Å². The number of aromatic nitrogens is 2. The van der Waals surface area contributed by atoms with Gasteiger partial charge >= 0.3 is 0 Å². The third kappa shape index (κ3) is 3.67. The zero-order valence-electron chi connectivity index (χ0n) is 8.55. The van der Waals surface area contributed by atoms with Crippen molar-refractivity contribution in [2.45, 2.75) is 6.54 Å². The minimum atomic E-state index is -0.672. The molecule has 0 saturated carbocycles. The van der Waals surface area contributed by atoms with Crippen LogP contribution >= 0.6 is 0 Å². The van der Waals surface area contributed by atoms with Crippen LogP contribution in [0.3, 0.4) is 0 Å². The smallest absolute Gasteiger partial charge is 0.295 e. The largest absolute Gasteiger partial charge is 0.368 e. The van der Waals surface area contributed by atoms with E-state index in [-0.39, 0.29) is 12.3 Å². The Morgan fingerprint density at radius 1 is 1.56 bits per heavy atom. The molecule has 0 unspecified atom stereocenters. The van der Waals surface area contributed by atoms with Crippen LogP contribution in [0.2, 0.25) is 0 Å². The molecule has 0 bridgehead atoms. The topological polar surface area (TPSA) is 125 Å². The standard InChI is InChI=1S/C8H13N5O3/c9-1-2-13-3-6(11-5-13)8(15)12-16-4-7(10)14/h3,5H,1-2,4,9H2,(H2,10,14)(H,12,15). The molecule has 1 heterocycles. The molecule has 0 spiro atoms. The molecule has 1 rings (SSSR count). The molecule has 0 aliphatic rings. The van der Waals surface area contributed by atoms with Gasteiger partial charge in [-0.1, -0.05) is 0 Å². The van der Waals surface area contributed by atoms with E-state index in [1.807, 2.05) is 5.48 Å². The minimum absolute atomic E-state index is 0.179. The molecule has 1 aromatic rings. The van der Waals surface area contributed by atoms with Gasteiger partial charge in [-0.05, 0) is 0 Å². The van der Waals surface area contributed by atoms with Crippen LogP contribution in [-0.4, -0.2) is 34.5 Å². The van der Waals surface area contributed by atoms with E-state index in [1.165, 1.54) is 12.5 Å². The maximum Gasteiger partial charge on any atom is 0.295 e. The van der Waals surface area contributed by atoms with Crippen molar-refractivity contribution in [1.82, 2.24) is 15.0 Å². The van der Waals surface area contributed by atoms with Gasteiger partial charge in [-0.2, -0.15) is 0 Å². The van der Waals surface area contributed by atoms with Gasteiger partial charge in [0.2, 0.25) is 5.91 Å². The maximum absolute atomic E-state index is 11.3. The summed E-state index contributed by atoms with van der Waals surface area (Å²) in [7, 11) is 0.